The molecule has 0 radical (unpaired) electrons. The molecule has 2 aromatic rings. The van der Waals surface area contributed by atoms with Crippen LogP contribution in [0, 0.1) is 0 Å². The smallest absolute Gasteiger partial charge is 0.265 e. The number of amides is 1. The first-order valence-electron chi connectivity index (χ1n) is 10.3. The number of para-hydroxylation sites is 1. The van der Waals surface area contributed by atoms with Gasteiger partial charge in [-0.15, -0.1) is 0 Å². The minimum Gasteiger partial charge on any atom is -0.493 e. The van der Waals surface area contributed by atoms with Crippen molar-refractivity contribution in [3.8, 4) is 11.5 Å². The van der Waals surface area contributed by atoms with Crippen LogP contribution in [0.3, 0.4) is 0 Å². The molecule has 0 saturated heterocycles. The average molecular weight is 413 g/mol. The normalized spacial score (nSPS) is 11.2. The van der Waals surface area contributed by atoms with E-state index in [-0.39, 0.29) is 12.5 Å². The maximum Gasteiger partial charge on any atom is 0.265 e. The van der Waals surface area contributed by atoms with Gasteiger partial charge in [0.2, 0.25) is 0 Å². The van der Waals surface area contributed by atoms with E-state index in [4.69, 9.17) is 14.3 Å². The fourth-order valence-corrected chi connectivity index (χ4v) is 3.10. The van der Waals surface area contributed by atoms with Crippen LogP contribution >= 0.6 is 0 Å². The summed E-state index contributed by atoms with van der Waals surface area (Å²) in [5.74, 6) is 1.64. The Morgan fingerprint density at radius 1 is 1.07 bits per heavy atom. The van der Waals surface area contributed by atoms with Gasteiger partial charge < -0.3 is 19.6 Å². The van der Waals surface area contributed by atoms with E-state index in [0.29, 0.717) is 29.9 Å². The molecule has 0 aromatic heterocycles. The SMILES string of the molecule is CCOc1ccc(/C=N/OCC(=O)Nc2c(C(C)C)cccc2C(C)C)cc1OC. The van der Waals surface area contributed by atoms with Crippen LogP contribution in [-0.2, 0) is 9.63 Å². The third-order valence-electron chi connectivity index (χ3n) is 4.60. The van der Waals surface area contributed by atoms with E-state index in [9.17, 15) is 4.79 Å². The first-order chi connectivity index (χ1) is 14.4. The Labute approximate surface area is 179 Å². The molecule has 1 N–H and O–H groups in total. The molecule has 6 nitrogen and oxygen atoms in total. The predicted octanol–water partition coefficient (Wildman–Crippen LogP) is 5.33. The highest BCUT2D eigenvalue weighted by molar-refractivity contribution is 5.93. The minimum absolute atomic E-state index is 0.172. The van der Waals surface area contributed by atoms with E-state index in [1.165, 1.54) is 6.21 Å². The molecule has 0 saturated carbocycles. The van der Waals surface area contributed by atoms with Crippen molar-refractivity contribution < 1.29 is 19.1 Å². The molecule has 0 heterocycles. The fourth-order valence-electron chi connectivity index (χ4n) is 3.10. The van der Waals surface area contributed by atoms with Crippen LogP contribution in [0.5, 0.6) is 11.5 Å². The van der Waals surface area contributed by atoms with Gasteiger partial charge in [0.1, 0.15) is 0 Å². The molecule has 0 aliphatic carbocycles. The summed E-state index contributed by atoms with van der Waals surface area (Å²) in [6, 6.07) is 11.6. The Morgan fingerprint density at radius 3 is 2.30 bits per heavy atom. The second-order valence-corrected chi connectivity index (χ2v) is 7.52. The summed E-state index contributed by atoms with van der Waals surface area (Å²) in [4.78, 5) is 17.7. The van der Waals surface area contributed by atoms with E-state index in [0.717, 1.165) is 22.4 Å². The summed E-state index contributed by atoms with van der Waals surface area (Å²) in [6.45, 7) is 10.7. The van der Waals surface area contributed by atoms with Gasteiger partial charge in [-0.2, -0.15) is 0 Å². The first-order valence-corrected chi connectivity index (χ1v) is 10.3. The summed E-state index contributed by atoms with van der Waals surface area (Å²) in [7, 11) is 1.58. The number of methoxy groups -OCH3 is 1. The molecule has 2 aromatic carbocycles. The van der Waals surface area contributed by atoms with Crippen LogP contribution in [0.2, 0.25) is 0 Å². The van der Waals surface area contributed by atoms with Crippen molar-refractivity contribution in [3.63, 3.8) is 0 Å². The third kappa shape index (κ3) is 6.24. The number of nitrogens with zero attached hydrogens (tertiary/aromatic N) is 1. The number of ether oxygens (including phenoxy) is 2. The highest BCUT2D eigenvalue weighted by Gasteiger charge is 2.16. The molecule has 162 valence electrons. The highest BCUT2D eigenvalue weighted by Crippen LogP contribution is 2.32. The van der Waals surface area contributed by atoms with Gasteiger partial charge in [0.15, 0.2) is 18.1 Å². The second kappa shape index (κ2) is 11.2. The molecular formula is C24H32N2O4. The molecule has 0 aliphatic rings. The molecule has 0 fully saturated rings. The Kier molecular flexibility index (Phi) is 8.71. The van der Waals surface area contributed by atoms with Crippen molar-refractivity contribution in [2.24, 2.45) is 5.16 Å². The Hall–Kier alpha value is -3.02. The number of carbonyl (C=O) groups excluding carboxylic acids is 1. The summed E-state index contributed by atoms with van der Waals surface area (Å²) in [5, 5.41) is 6.91. The molecule has 2 rings (SSSR count). The highest BCUT2D eigenvalue weighted by atomic mass is 16.6. The molecule has 30 heavy (non-hydrogen) atoms. The molecule has 0 bridgehead atoms. The quantitative estimate of drug-likeness (QED) is 0.423. The van der Waals surface area contributed by atoms with Crippen LogP contribution in [0.15, 0.2) is 41.6 Å². The van der Waals surface area contributed by atoms with Crippen molar-refractivity contribution in [3.05, 3.63) is 53.1 Å². The van der Waals surface area contributed by atoms with Gasteiger partial charge in [-0.05, 0) is 48.1 Å². The predicted molar refractivity (Wildman–Crippen MR) is 121 cm³/mol. The summed E-state index contributed by atoms with van der Waals surface area (Å²) in [5.41, 5.74) is 3.87. The molecular weight excluding hydrogens is 380 g/mol. The zero-order chi connectivity index (χ0) is 22.1. The first kappa shape index (κ1) is 23.3. The van der Waals surface area contributed by atoms with Crippen molar-refractivity contribution in [1.82, 2.24) is 0 Å². The van der Waals surface area contributed by atoms with Crippen LogP contribution in [-0.4, -0.2) is 32.4 Å². The maximum absolute atomic E-state index is 12.4. The van der Waals surface area contributed by atoms with Gasteiger partial charge in [-0.25, -0.2) is 0 Å². The van der Waals surface area contributed by atoms with Crippen LogP contribution in [0.4, 0.5) is 5.69 Å². The molecule has 1 amide bonds. The van der Waals surface area contributed by atoms with Crippen LogP contribution < -0.4 is 14.8 Å². The molecule has 0 atom stereocenters. The average Bonchev–Trinajstić information content (AvgIpc) is 2.72. The van der Waals surface area contributed by atoms with Gasteiger partial charge >= 0.3 is 0 Å². The zero-order valence-corrected chi connectivity index (χ0v) is 18.7. The second-order valence-electron chi connectivity index (χ2n) is 7.52. The van der Waals surface area contributed by atoms with Crippen LogP contribution in [0.25, 0.3) is 0 Å². The monoisotopic (exact) mass is 412 g/mol. The molecule has 0 unspecified atom stereocenters. The lowest BCUT2D eigenvalue weighted by Crippen LogP contribution is -2.19. The summed E-state index contributed by atoms with van der Waals surface area (Å²) < 4.78 is 10.8. The van der Waals surface area contributed by atoms with E-state index in [1.54, 1.807) is 13.2 Å². The Morgan fingerprint density at radius 2 is 1.73 bits per heavy atom. The number of hydrogen-bond donors (Lipinski definition) is 1. The van der Waals surface area contributed by atoms with E-state index in [2.05, 4.69) is 38.2 Å². The number of benzene rings is 2. The summed E-state index contributed by atoms with van der Waals surface area (Å²) in [6.07, 6.45) is 1.53. The van der Waals surface area contributed by atoms with E-state index in [1.807, 2.05) is 37.3 Å². The van der Waals surface area contributed by atoms with Gasteiger partial charge in [0.05, 0.1) is 19.9 Å². The standard InChI is InChI=1S/C24H32N2O4/c1-7-29-21-12-11-18(13-22(21)28-6)14-25-30-15-23(27)26-24-19(16(2)3)9-8-10-20(24)17(4)5/h8-14,16-17H,7,15H2,1-6H3,(H,26,27)/b25-14+. The van der Waals surface area contributed by atoms with Gasteiger partial charge in [0.25, 0.3) is 5.91 Å². The van der Waals surface area contributed by atoms with E-state index < -0.39 is 0 Å². The Bertz CT molecular complexity index is 849. The van der Waals surface area contributed by atoms with Crippen molar-refractivity contribution in [2.45, 2.75) is 46.5 Å². The Balaban J connectivity index is 2.01. The van der Waals surface area contributed by atoms with E-state index >= 15 is 0 Å². The van der Waals surface area contributed by atoms with Crippen molar-refractivity contribution in [1.29, 1.82) is 0 Å². The molecule has 6 heteroatoms. The topological polar surface area (TPSA) is 69.2 Å². The number of carbonyl (C=O) groups is 1. The van der Waals surface area contributed by atoms with Gasteiger partial charge in [-0.1, -0.05) is 51.0 Å². The number of oxime groups is 1. The largest absolute Gasteiger partial charge is 0.493 e. The zero-order valence-electron chi connectivity index (χ0n) is 18.7. The summed E-state index contributed by atoms with van der Waals surface area (Å²) >= 11 is 0. The third-order valence-corrected chi connectivity index (χ3v) is 4.60. The van der Waals surface area contributed by atoms with Crippen molar-refractivity contribution >= 4 is 17.8 Å². The number of nitrogens with one attached hydrogen (secondary N) is 1. The minimum atomic E-state index is -0.244. The van der Waals surface area contributed by atoms with Crippen molar-refractivity contribution in [2.75, 3.05) is 25.6 Å². The number of rotatable bonds is 10. The molecule has 0 aliphatic heterocycles. The van der Waals surface area contributed by atoms with Gasteiger partial charge in [-0.3, -0.25) is 4.79 Å². The fraction of sp³-hybridized carbons (Fsp3) is 0.417. The lowest BCUT2D eigenvalue weighted by molar-refractivity contribution is -0.120. The lowest BCUT2D eigenvalue weighted by atomic mass is 9.92. The van der Waals surface area contributed by atoms with Gasteiger partial charge in [0, 0.05) is 11.3 Å². The number of hydrogen-bond acceptors (Lipinski definition) is 5. The number of anilines is 1. The lowest BCUT2D eigenvalue weighted by Gasteiger charge is -2.19. The molecule has 0 spiro atoms. The van der Waals surface area contributed by atoms with Crippen LogP contribution in [0.1, 0.15) is 63.1 Å². The maximum atomic E-state index is 12.4.